The van der Waals surface area contributed by atoms with Gasteiger partial charge in [-0.1, -0.05) is 218 Å². The van der Waals surface area contributed by atoms with Crippen LogP contribution in [0.15, 0.2) is 303 Å². The Morgan fingerprint density at radius 3 is 1.18 bits per heavy atom. The minimum absolute atomic E-state index is 0.522. The molecule has 0 amide bonds. The molecule has 0 unspecified atom stereocenters. The molecule has 90 heavy (non-hydrogen) atoms. The monoisotopic (exact) mass is 1180 g/mol. The van der Waals surface area contributed by atoms with Gasteiger partial charge in [0.25, 0.3) is 0 Å². The summed E-state index contributed by atoms with van der Waals surface area (Å²) < 4.78 is 9.78. The third kappa shape index (κ3) is 8.15. The van der Waals surface area contributed by atoms with Gasteiger partial charge in [0.1, 0.15) is 6.07 Å². The molecule has 0 atom stereocenters. The van der Waals surface area contributed by atoms with Crippen molar-refractivity contribution in [2.24, 2.45) is 0 Å². The summed E-state index contributed by atoms with van der Waals surface area (Å²) in [6.07, 6.45) is 0. The summed E-state index contributed by atoms with van der Waals surface area (Å²) in [6.45, 7) is 0. The first-order valence-electron chi connectivity index (χ1n) is 30.4. The lowest BCUT2D eigenvalue weighted by Crippen LogP contribution is -2.11. The van der Waals surface area contributed by atoms with Crippen molar-refractivity contribution >= 4 is 107 Å². The smallest absolute Gasteiger partial charge is 0.102 e. The van der Waals surface area contributed by atoms with Crippen molar-refractivity contribution in [3.63, 3.8) is 0 Å². The van der Waals surface area contributed by atoms with E-state index < -0.39 is 0 Å². The Morgan fingerprint density at radius 1 is 0.278 bits per heavy atom. The molecule has 0 saturated heterocycles. The highest BCUT2D eigenvalue weighted by molar-refractivity contribution is 7.26. The molecule has 5 aromatic heterocycles. The van der Waals surface area contributed by atoms with Crippen LogP contribution >= 0.6 is 22.7 Å². The predicted molar refractivity (Wildman–Crippen MR) is 381 cm³/mol. The van der Waals surface area contributed by atoms with Gasteiger partial charge in [-0.15, -0.1) is 22.7 Å². The van der Waals surface area contributed by atoms with E-state index in [1.807, 2.05) is 28.7 Å². The Morgan fingerprint density at radius 2 is 0.667 bits per heavy atom. The van der Waals surface area contributed by atoms with Crippen LogP contribution in [0.1, 0.15) is 5.56 Å². The fraction of sp³-hybridized carbons (Fsp3) is 0. The number of rotatable bonds is 9. The van der Waals surface area contributed by atoms with E-state index in [2.05, 4.69) is 312 Å². The van der Waals surface area contributed by atoms with Crippen molar-refractivity contribution in [3.05, 3.63) is 309 Å². The first-order valence-corrected chi connectivity index (χ1v) is 32.0. The number of para-hydroxylation sites is 2. The molecule has 0 N–H and O–H groups in total. The molecule has 4 nitrogen and oxygen atoms in total. The van der Waals surface area contributed by atoms with Gasteiger partial charge in [-0.3, -0.25) is 0 Å². The Hall–Kier alpha value is -11.5. The highest BCUT2D eigenvalue weighted by Gasteiger charge is 2.34. The molecule has 0 radical (unpaired) electrons. The first kappa shape index (κ1) is 51.7. The van der Waals surface area contributed by atoms with Crippen LogP contribution in [0.5, 0.6) is 0 Å². The Balaban J connectivity index is 1.11. The van der Waals surface area contributed by atoms with Crippen LogP contribution in [0, 0.1) is 11.3 Å². The van der Waals surface area contributed by atoms with Gasteiger partial charge in [0.05, 0.1) is 50.4 Å². The maximum atomic E-state index is 13.2. The molecule has 18 rings (SSSR count). The third-order valence-corrected chi connectivity index (χ3v) is 20.5. The fourth-order valence-corrected chi connectivity index (χ4v) is 16.3. The van der Waals surface area contributed by atoms with Gasteiger partial charge in [0, 0.05) is 95.3 Å². The fourth-order valence-electron chi connectivity index (χ4n) is 14.2. The lowest BCUT2D eigenvalue weighted by molar-refractivity contribution is 1.14. The normalized spacial score (nSPS) is 11.8. The van der Waals surface area contributed by atoms with Gasteiger partial charge in [-0.2, -0.15) is 5.26 Å². The minimum atomic E-state index is 0.522. The van der Waals surface area contributed by atoms with E-state index in [0.29, 0.717) is 5.56 Å². The van der Waals surface area contributed by atoms with E-state index in [0.717, 1.165) is 133 Å². The molecule has 0 aliphatic rings. The van der Waals surface area contributed by atoms with Crippen molar-refractivity contribution < 1.29 is 0 Å². The van der Waals surface area contributed by atoms with Gasteiger partial charge in [-0.05, 0) is 118 Å². The van der Waals surface area contributed by atoms with Crippen molar-refractivity contribution in [3.8, 4) is 95.6 Å². The summed E-state index contributed by atoms with van der Waals surface area (Å²) in [6, 6.07) is 113. The van der Waals surface area contributed by atoms with Crippen LogP contribution in [0.3, 0.4) is 0 Å². The average Bonchev–Trinajstić information content (AvgIpc) is 1.53. The molecule has 418 valence electrons. The standard InChI is InChI=1S/C84H50N4S2/c85-51-69-81(64-41-42-70(54-25-9-3-10-26-54)86-82(64)55-27-11-4-12-28-55)84(88-72-34-18-14-30-61(72)66-48-57(38-44-74(66)88)53-23-7-2-8-24-53)80(59-40-46-78-68(50-59)63-32-16-20-36-76(63)90-78)79(58-39-45-77-67(49-58)62-31-15-19-35-75(62)89-77)83(69)87-71-33-17-13-29-60(71)65-47-56(37-43-73(65)87)52-21-5-1-6-22-52/h1-50H. The van der Waals surface area contributed by atoms with Crippen LogP contribution in [0.2, 0.25) is 0 Å². The summed E-state index contributed by atoms with van der Waals surface area (Å²) >= 11 is 3.64. The second-order valence-corrected chi connectivity index (χ2v) is 25.3. The molecule has 0 saturated carbocycles. The molecule has 13 aromatic carbocycles. The topological polar surface area (TPSA) is 46.5 Å². The lowest BCUT2D eigenvalue weighted by Gasteiger charge is -2.29. The number of benzene rings is 13. The van der Waals surface area contributed by atoms with Crippen LogP contribution in [-0.4, -0.2) is 14.1 Å². The van der Waals surface area contributed by atoms with E-state index >= 15 is 0 Å². The van der Waals surface area contributed by atoms with Gasteiger partial charge in [0.2, 0.25) is 0 Å². The molecule has 0 fully saturated rings. The zero-order chi connectivity index (χ0) is 59.4. The molecular formula is C84H50N4S2. The minimum Gasteiger partial charge on any atom is -0.308 e. The molecular weight excluding hydrogens is 1130 g/mol. The Labute approximate surface area is 526 Å². The van der Waals surface area contributed by atoms with E-state index in [-0.39, 0.29) is 0 Å². The summed E-state index contributed by atoms with van der Waals surface area (Å²) in [5.41, 5.74) is 19.8. The summed E-state index contributed by atoms with van der Waals surface area (Å²) in [5, 5.41) is 22.3. The molecule has 0 bridgehead atoms. The average molecular weight is 1180 g/mol. The number of hydrogen-bond donors (Lipinski definition) is 0. The molecule has 18 aromatic rings. The van der Waals surface area contributed by atoms with Crippen LogP contribution in [0.4, 0.5) is 0 Å². The molecule has 6 heteroatoms. The van der Waals surface area contributed by atoms with E-state index in [4.69, 9.17) is 4.98 Å². The van der Waals surface area contributed by atoms with Crippen molar-refractivity contribution in [2.45, 2.75) is 0 Å². The molecule has 0 aliphatic carbocycles. The van der Waals surface area contributed by atoms with Gasteiger partial charge >= 0.3 is 0 Å². The summed E-state index contributed by atoms with van der Waals surface area (Å²) in [5.74, 6) is 0. The maximum absolute atomic E-state index is 13.2. The van der Waals surface area contributed by atoms with Crippen molar-refractivity contribution in [2.75, 3.05) is 0 Å². The molecule has 0 spiro atoms. The number of hydrogen-bond acceptors (Lipinski definition) is 4. The lowest BCUT2D eigenvalue weighted by atomic mass is 9.82. The zero-order valence-corrected chi connectivity index (χ0v) is 50.1. The molecule has 5 heterocycles. The highest BCUT2D eigenvalue weighted by atomic mass is 32.1. The van der Waals surface area contributed by atoms with E-state index in [9.17, 15) is 5.26 Å². The second-order valence-electron chi connectivity index (χ2n) is 23.2. The van der Waals surface area contributed by atoms with Crippen molar-refractivity contribution in [1.29, 1.82) is 5.26 Å². The van der Waals surface area contributed by atoms with Gasteiger partial charge in [0.15, 0.2) is 0 Å². The Kier molecular flexibility index (Phi) is 12.0. The largest absolute Gasteiger partial charge is 0.308 e. The number of fused-ring (bicyclic) bond motifs is 12. The highest BCUT2D eigenvalue weighted by Crippen LogP contribution is 2.55. The predicted octanol–water partition coefficient (Wildman–Crippen LogP) is 23.6. The third-order valence-electron chi connectivity index (χ3n) is 18.2. The Bertz CT molecular complexity index is 5970. The van der Waals surface area contributed by atoms with Crippen molar-refractivity contribution in [1.82, 2.24) is 14.1 Å². The maximum Gasteiger partial charge on any atom is 0.102 e. The molecule has 0 aliphatic heterocycles. The quantitative estimate of drug-likeness (QED) is 0.145. The SMILES string of the molecule is N#Cc1c(-c2ccc(-c3ccccc3)nc2-c2ccccc2)c(-n2c3ccccc3c3cc(-c4ccccc4)ccc32)c(-c2ccc3sc4ccccc4c3c2)c(-c2ccc3sc4ccccc4c3c2)c1-n1c2ccccc2c2cc(-c3ccccc3)ccc21. The summed E-state index contributed by atoms with van der Waals surface area (Å²) in [4.78, 5) is 5.77. The van der Waals surface area contributed by atoms with Crippen LogP contribution in [-0.2, 0) is 0 Å². The number of nitrogens with zero attached hydrogens (tertiary/aromatic N) is 4. The van der Waals surface area contributed by atoms with E-state index in [1.165, 1.54) is 40.3 Å². The number of nitriles is 1. The zero-order valence-electron chi connectivity index (χ0n) is 48.5. The van der Waals surface area contributed by atoms with Crippen LogP contribution in [0.25, 0.3) is 173 Å². The van der Waals surface area contributed by atoms with Gasteiger partial charge < -0.3 is 9.13 Å². The van der Waals surface area contributed by atoms with E-state index in [1.54, 1.807) is 0 Å². The first-order chi connectivity index (χ1) is 44.6. The number of thiophene rings is 2. The summed E-state index contributed by atoms with van der Waals surface area (Å²) in [7, 11) is 0. The van der Waals surface area contributed by atoms with Crippen LogP contribution < -0.4 is 0 Å². The number of pyridine rings is 1. The number of aromatic nitrogens is 3. The van der Waals surface area contributed by atoms with Gasteiger partial charge in [-0.25, -0.2) is 4.98 Å². The second kappa shape index (κ2) is 20.9.